The number of rotatable bonds is 2. The van der Waals surface area contributed by atoms with Crippen molar-refractivity contribution in [3.8, 4) is 0 Å². The van der Waals surface area contributed by atoms with Crippen LogP contribution in [0.4, 0.5) is 0 Å². The average molecular weight is 281 g/mol. The van der Waals surface area contributed by atoms with Crippen molar-refractivity contribution in [1.29, 1.82) is 0 Å². The summed E-state index contributed by atoms with van der Waals surface area (Å²) in [5.74, 6) is 0.700. The molecule has 3 heteroatoms. The largest absolute Gasteiger partial charge is 0.461 e. The minimum atomic E-state index is -0.747. The molecule has 4 atom stereocenters. The first-order valence-electron chi connectivity index (χ1n) is 8.23. The van der Waals surface area contributed by atoms with E-state index in [1.165, 1.54) is 12.8 Å². The summed E-state index contributed by atoms with van der Waals surface area (Å²) in [4.78, 5) is 12.6. The first kappa shape index (κ1) is 15.8. The molecule has 4 unspecified atom stereocenters. The second-order valence-corrected chi connectivity index (χ2v) is 8.13. The highest BCUT2D eigenvalue weighted by atomic mass is 16.5. The third-order valence-corrected chi connectivity index (χ3v) is 5.36. The van der Waals surface area contributed by atoms with Gasteiger partial charge in [0.2, 0.25) is 0 Å². The highest BCUT2D eigenvalue weighted by Crippen LogP contribution is 2.41. The fraction of sp³-hybridized carbons (Fsp3) is 0.941. The second kappa shape index (κ2) is 5.67. The Morgan fingerprint density at radius 1 is 1.20 bits per heavy atom. The van der Waals surface area contributed by atoms with Crippen molar-refractivity contribution in [2.75, 3.05) is 0 Å². The van der Waals surface area contributed by atoms with Gasteiger partial charge in [0.1, 0.15) is 11.6 Å². The number of nitrogens with two attached hydrogens (primary N) is 1. The van der Waals surface area contributed by atoms with Crippen molar-refractivity contribution in [1.82, 2.24) is 0 Å². The van der Waals surface area contributed by atoms with E-state index in [1.807, 2.05) is 0 Å². The Morgan fingerprint density at radius 2 is 1.90 bits per heavy atom. The normalized spacial score (nSPS) is 41.1. The number of hydrogen-bond donors (Lipinski definition) is 1. The van der Waals surface area contributed by atoms with E-state index in [-0.39, 0.29) is 23.4 Å². The summed E-state index contributed by atoms with van der Waals surface area (Å²) in [7, 11) is 0. The van der Waals surface area contributed by atoms with Gasteiger partial charge >= 0.3 is 5.97 Å². The first-order valence-corrected chi connectivity index (χ1v) is 8.23. The molecule has 2 aliphatic rings. The molecule has 2 N–H and O–H groups in total. The maximum Gasteiger partial charge on any atom is 0.326 e. The molecule has 116 valence electrons. The average Bonchev–Trinajstić information content (AvgIpc) is 2.30. The van der Waals surface area contributed by atoms with Crippen LogP contribution in [0.25, 0.3) is 0 Å². The van der Waals surface area contributed by atoms with Gasteiger partial charge in [-0.1, -0.05) is 40.5 Å². The molecule has 0 saturated heterocycles. The van der Waals surface area contributed by atoms with E-state index in [9.17, 15) is 4.79 Å². The SMILES string of the molecule is CC1CC(OC(=O)C2(N)CCCCC2C)CC(C)(C)C1. The van der Waals surface area contributed by atoms with Crippen LogP contribution in [-0.4, -0.2) is 17.6 Å². The number of carbonyl (C=O) groups excluding carboxylic acids is 1. The van der Waals surface area contributed by atoms with Gasteiger partial charge in [0, 0.05) is 0 Å². The molecule has 2 rings (SSSR count). The third kappa shape index (κ3) is 3.36. The smallest absolute Gasteiger partial charge is 0.326 e. The van der Waals surface area contributed by atoms with Gasteiger partial charge in [-0.3, -0.25) is 4.79 Å². The van der Waals surface area contributed by atoms with Gasteiger partial charge in [-0.25, -0.2) is 0 Å². The van der Waals surface area contributed by atoms with Crippen molar-refractivity contribution in [2.45, 2.75) is 84.3 Å². The predicted molar refractivity (Wildman–Crippen MR) is 81.2 cm³/mol. The molecule has 0 aliphatic heterocycles. The van der Waals surface area contributed by atoms with Crippen LogP contribution in [0.5, 0.6) is 0 Å². The van der Waals surface area contributed by atoms with Gasteiger partial charge in [0.15, 0.2) is 0 Å². The zero-order valence-electron chi connectivity index (χ0n) is 13.6. The Balaban J connectivity index is 2.00. The predicted octanol–water partition coefficient (Wildman–Crippen LogP) is 3.65. The van der Waals surface area contributed by atoms with Crippen molar-refractivity contribution in [2.24, 2.45) is 23.0 Å². The fourth-order valence-corrected chi connectivity index (χ4v) is 4.28. The molecule has 20 heavy (non-hydrogen) atoms. The lowest BCUT2D eigenvalue weighted by atomic mass is 9.71. The van der Waals surface area contributed by atoms with Crippen LogP contribution < -0.4 is 5.73 Å². The van der Waals surface area contributed by atoms with Crippen LogP contribution in [0, 0.1) is 17.3 Å². The summed E-state index contributed by atoms with van der Waals surface area (Å²) < 4.78 is 5.85. The number of esters is 1. The van der Waals surface area contributed by atoms with Crippen LogP contribution in [0.3, 0.4) is 0 Å². The quantitative estimate of drug-likeness (QED) is 0.786. The van der Waals surface area contributed by atoms with Gasteiger partial charge in [-0.05, 0) is 49.4 Å². The van der Waals surface area contributed by atoms with Gasteiger partial charge < -0.3 is 10.5 Å². The Hall–Kier alpha value is -0.570. The number of ether oxygens (including phenoxy) is 1. The summed E-state index contributed by atoms with van der Waals surface area (Å²) in [5, 5.41) is 0. The fourth-order valence-electron chi connectivity index (χ4n) is 4.28. The van der Waals surface area contributed by atoms with Crippen molar-refractivity contribution >= 4 is 5.97 Å². The molecule has 0 radical (unpaired) electrons. The lowest BCUT2D eigenvalue weighted by Crippen LogP contribution is -2.56. The highest BCUT2D eigenvalue weighted by molar-refractivity contribution is 5.81. The third-order valence-electron chi connectivity index (χ3n) is 5.36. The molecule has 0 heterocycles. The van der Waals surface area contributed by atoms with Crippen LogP contribution in [0.2, 0.25) is 0 Å². The lowest BCUT2D eigenvalue weighted by Gasteiger charge is -2.42. The Labute approximate surface area is 123 Å². The van der Waals surface area contributed by atoms with Gasteiger partial charge in [-0.2, -0.15) is 0 Å². The Bertz CT molecular complexity index is 366. The van der Waals surface area contributed by atoms with Gasteiger partial charge in [0.25, 0.3) is 0 Å². The van der Waals surface area contributed by atoms with Crippen LogP contribution in [-0.2, 0) is 9.53 Å². The minimum Gasteiger partial charge on any atom is -0.461 e. The van der Waals surface area contributed by atoms with Crippen LogP contribution in [0.15, 0.2) is 0 Å². The van der Waals surface area contributed by atoms with Crippen molar-refractivity contribution in [3.05, 3.63) is 0 Å². The molecule has 0 spiro atoms. The lowest BCUT2D eigenvalue weighted by molar-refractivity contribution is -0.163. The summed E-state index contributed by atoms with van der Waals surface area (Å²) in [5.41, 5.74) is 5.91. The van der Waals surface area contributed by atoms with E-state index in [0.29, 0.717) is 5.92 Å². The molecule has 2 saturated carbocycles. The highest BCUT2D eigenvalue weighted by Gasteiger charge is 2.44. The van der Waals surface area contributed by atoms with Gasteiger partial charge in [-0.15, -0.1) is 0 Å². The molecule has 0 bridgehead atoms. The van der Waals surface area contributed by atoms with Crippen LogP contribution in [0.1, 0.15) is 72.6 Å². The van der Waals surface area contributed by atoms with E-state index < -0.39 is 5.54 Å². The van der Waals surface area contributed by atoms with E-state index in [0.717, 1.165) is 32.1 Å². The molecule has 3 nitrogen and oxygen atoms in total. The minimum absolute atomic E-state index is 0.0517. The monoisotopic (exact) mass is 281 g/mol. The first-order chi connectivity index (χ1) is 9.23. The molecule has 0 aromatic rings. The maximum absolute atomic E-state index is 12.6. The molecule has 2 aliphatic carbocycles. The van der Waals surface area contributed by atoms with Gasteiger partial charge in [0.05, 0.1) is 0 Å². The van der Waals surface area contributed by atoms with Crippen molar-refractivity contribution < 1.29 is 9.53 Å². The molecule has 0 amide bonds. The van der Waals surface area contributed by atoms with Crippen LogP contribution >= 0.6 is 0 Å². The Kier molecular flexibility index (Phi) is 4.48. The summed E-state index contributed by atoms with van der Waals surface area (Å²) in [6, 6.07) is 0. The zero-order valence-corrected chi connectivity index (χ0v) is 13.6. The standard InChI is InChI=1S/C17H31NO2/c1-12-9-14(11-16(3,4)10-12)20-15(19)17(18)8-6-5-7-13(17)2/h12-14H,5-11,18H2,1-4H3. The number of carbonyl (C=O) groups is 1. The van der Waals surface area contributed by atoms with E-state index in [2.05, 4.69) is 27.7 Å². The van der Waals surface area contributed by atoms with E-state index in [4.69, 9.17) is 10.5 Å². The van der Waals surface area contributed by atoms with Crippen molar-refractivity contribution in [3.63, 3.8) is 0 Å². The second-order valence-electron chi connectivity index (χ2n) is 8.13. The summed E-state index contributed by atoms with van der Waals surface area (Å²) in [6.45, 7) is 8.88. The summed E-state index contributed by atoms with van der Waals surface area (Å²) >= 11 is 0. The topological polar surface area (TPSA) is 52.3 Å². The molecular formula is C17H31NO2. The molecule has 0 aromatic carbocycles. The van der Waals surface area contributed by atoms with E-state index >= 15 is 0 Å². The molecular weight excluding hydrogens is 250 g/mol. The Morgan fingerprint density at radius 3 is 2.50 bits per heavy atom. The zero-order chi connectivity index (χ0) is 15.0. The molecule has 2 fully saturated rings. The summed E-state index contributed by atoms with van der Waals surface area (Å²) in [6.07, 6.45) is 7.26. The molecule has 0 aromatic heterocycles. The maximum atomic E-state index is 12.6. The van der Waals surface area contributed by atoms with E-state index in [1.54, 1.807) is 0 Å². The number of hydrogen-bond acceptors (Lipinski definition) is 3.